The normalized spacial score (nSPS) is 12.4. The van der Waals surface area contributed by atoms with Gasteiger partial charge in [0.15, 0.2) is 0 Å². The van der Waals surface area contributed by atoms with Gasteiger partial charge < -0.3 is 14.0 Å². The number of ether oxygens (including phenoxy) is 1. The molecule has 0 aliphatic heterocycles. The second-order valence-electron chi connectivity index (χ2n) is 5.72. The van der Waals surface area contributed by atoms with Crippen LogP contribution in [0.1, 0.15) is 23.3 Å². The van der Waals surface area contributed by atoms with Crippen LogP contribution in [0.3, 0.4) is 0 Å². The van der Waals surface area contributed by atoms with E-state index >= 15 is 0 Å². The van der Waals surface area contributed by atoms with E-state index in [1.54, 1.807) is 18.5 Å². The number of hydrogen-bond donors (Lipinski definition) is 0. The van der Waals surface area contributed by atoms with Gasteiger partial charge in [-0.2, -0.15) is 0 Å². The molecule has 0 spiro atoms. The van der Waals surface area contributed by atoms with Crippen LogP contribution in [0, 0.1) is 5.82 Å². The van der Waals surface area contributed by atoms with Crippen molar-refractivity contribution in [3.63, 3.8) is 0 Å². The lowest BCUT2D eigenvalue weighted by atomic mass is 10.1. The van der Waals surface area contributed by atoms with E-state index in [0.29, 0.717) is 11.4 Å². The Morgan fingerprint density at radius 2 is 2.07 bits per heavy atom. The van der Waals surface area contributed by atoms with Crippen molar-refractivity contribution in [3.8, 4) is 5.75 Å². The van der Waals surface area contributed by atoms with Gasteiger partial charge in [-0.15, -0.1) is 10.2 Å². The highest BCUT2D eigenvalue weighted by Gasteiger charge is 2.23. The van der Waals surface area contributed by atoms with Crippen LogP contribution >= 0.6 is 0 Å². The number of hydrogen-bond acceptors (Lipinski definition) is 8. The van der Waals surface area contributed by atoms with Crippen LogP contribution in [0.25, 0.3) is 10.9 Å². The zero-order chi connectivity index (χ0) is 19.3. The standard InChI is InChI=1S/C19H14FN5O3/c1-26-24-9-12-6-13-7-15(3-5-16(13)21-8-12)28-18(19-25-23-11-27-19)17-4-2-14(20)10-22-17/h2-11,18H,1H3/b24-9+. The fourth-order valence-corrected chi connectivity index (χ4v) is 2.60. The number of fused-ring (bicyclic) bond motifs is 1. The Morgan fingerprint density at radius 3 is 2.82 bits per heavy atom. The van der Waals surface area contributed by atoms with Crippen LogP contribution in [-0.4, -0.2) is 33.5 Å². The Kier molecular flexibility index (Phi) is 4.87. The van der Waals surface area contributed by atoms with Gasteiger partial charge in [-0.3, -0.25) is 9.97 Å². The lowest BCUT2D eigenvalue weighted by Gasteiger charge is -2.15. The molecule has 0 aliphatic rings. The summed E-state index contributed by atoms with van der Waals surface area (Å²) in [5.74, 6) is 0.290. The van der Waals surface area contributed by atoms with Gasteiger partial charge in [-0.1, -0.05) is 5.16 Å². The van der Waals surface area contributed by atoms with E-state index in [-0.39, 0.29) is 5.89 Å². The monoisotopic (exact) mass is 379 g/mol. The SMILES string of the molecule is CO/N=C/c1cnc2ccc(OC(c3ccc(F)cn3)c3nnco3)cc2c1. The number of pyridine rings is 2. The van der Waals surface area contributed by atoms with Crippen LogP contribution in [0.15, 0.2) is 64.8 Å². The highest BCUT2D eigenvalue weighted by molar-refractivity contribution is 5.88. The Bertz CT molecular complexity index is 1100. The van der Waals surface area contributed by atoms with Crippen molar-refractivity contribution in [2.24, 2.45) is 5.16 Å². The minimum atomic E-state index is -0.785. The molecular weight excluding hydrogens is 365 g/mol. The maximum absolute atomic E-state index is 13.2. The van der Waals surface area contributed by atoms with Gasteiger partial charge in [0, 0.05) is 17.1 Å². The minimum Gasteiger partial charge on any atom is -0.474 e. The van der Waals surface area contributed by atoms with Gasteiger partial charge in [0.1, 0.15) is 18.7 Å². The fourth-order valence-electron chi connectivity index (χ4n) is 2.60. The first-order valence-corrected chi connectivity index (χ1v) is 8.23. The van der Waals surface area contributed by atoms with Crippen molar-refractivity contribution in [2.75, 3.05) is 7.11 Å². The summed E-state index contributed by atoms with van der Waals surface area (Å²) in [5, 5.41) is 12.2. The molecule has 4 aromatic rings. The lowest BCUT2D eigenvalue weighted by molar-refractivity contribution is 0.203. The van der Waals surface area contributed by atoms with E-state index in [1.165, 1.54) is 25.6 Å². The molecule has 28 heavy (non-hydrogen) atoms. The molecule has 3 aromatic heterocycles. The van der Waals surface area contributed by atoms with Gasteiger partial charge in [0.25, 0.3) is 5.89 Å². The smallest absolute Gasteiger partial charge is 0.263 e. The predicted octanol–water partition coefficient (Wildman–Crippen LogP) is 3.30. The first-order chi connectivity index (χ1) is 13.7. The molecule has 140 valence electrons. The summed E-state index contributed by atoms with van der Waals surface area (Å²) in [6.07, 6.45) is 4.76. The Hall–Kier alpha value is -3.88. The third kappa shape index (κ3) is 3.78. The van der Waals surface area contributed by atoms with Crippen molar-refractivity contribution in [1.29, 1.82) is 0 Å². The summed E-state index contributed by atoms with van der Waals surface area (Å²) in [4.78, 5) is 13.1. The van der Waals surface area contributed by atoms with Crippen LogP contribution in [0.4, 0.5) is 4.39 Å². The van der Waals surface area contributed by atoms with Gasteiger partial charge in [0.2, 0.25) is 12.5 Å². The third-order valence-corrected chi connectivity index (χ3v) is 3.86. The lowest BCUT2D eigenvalue weighted by Crippen LogP contribution is -2.12. The highest BCUT2D eigenvalue weighted by atomic mass is 19.1. The zero-order valence-corrected chi connectivity index (χ0v) is 14.7. The average molecular weight is 379 g/mol. The van der Waals surface area contributed by atoms with Gasteiger partial charge in [-0.05, 0) is 36.4 Å². The summed E-state index contributed by atoms with van der Waals surface area (Å²) in [7, 11) is 1.47. The molecule has 3 heterocycles. The molecule has 0 bridgehead atoms. The number of halogens is 1. The number of rotatable bonds is 6. The third-order valence-electron chi connectivity index (χ3n) is 3.86. The van der Waals surface area contributed by atoms with Gasteiger partial charge >= 0.3 is 0 Å². The number of benzene rings is 1. The van der Waals surface area contributed by atoms with E-state index in [0.717, 1.165) is 22.7 Å². The summed E-state index contributed by atoms with van der Waals surface area (Å²) < 4.78 is 24.6. The molecule has 4 rings (SSSR count). The largest absolute Gasteiger partial charge is 0.474 e. The van der Waals surface area contributed by atoms with Crippen LogP contribution in [0.2, 0.25) is 0 Å². The van der Waals surface area contributed by atoms with Crippen molar-refractivity contribution in [3.05, 3.63) is 78.2 Å². The van der Waals surface area contributed by atoms with E-state index in [9.17, 15) is 4.39 Å². The second kappa shape index (κ2) is 7.78. The molecule has 0 saturated carbocycles. The molecule has 8 nitrogen and oxygen atoms in total. The Labute approximate surface area is 158 Å². The summed E-state index contributed by atoms with van der Waals surface area (Å²) in [6.45, 7) is 0. The highest BCUT2D eigenvalue weighted by Crippen LogP contribution is 2.28. The van der Waals surface area contributed by atoms with Crippen molar-refractivity contribution in [2.45, 2.75) is 6.10 Å². The van der Waals surface area contributed by atoms with Crippen molar-refractivity contribution in [1.82, 2.24) is 20.2 Å². The second-order valence-corrected chi connectivity index (χ2v) is 5.72. The van der Waals surface area contributed by atoms with Crippen molar-refractivity contribution < 1.29 is 18.4 Å². The van der Waals surface area contributed by atoms with E-state index in [1.807, 2.05) is 18.2 Å². The predicted molar refractivity (Wildman–Crippen MR) is 97.3 cm³/mol. The molecule has 0 fully saturated rings. The summed E-state index contributed by atoms with van der Waals surface area (Å²) >= 11 is 0. The minimum absolute atomic E-state index is 0.207. The van der Waals surface area contributed by atoms with Crippen LogP contribution in [0.5, 0.6) is 5.75 Å². The molecule has 0 N–H and O–H groups in total. The number of oxime groups is 1. The quantitative estimate of drug-likeness (QED) is 0.375. The van der Waals surface area contributed by atoms with Crippen molar-refractivity contribution >= 4 is 17.1 Å². The molecule has 0 amide bonds. The first-order valence-electron chi connectivity index (χ1n) is 8.23. The maximum Gasteiger partial charge on any atom is 0.263 e. The fraction of sp³-hybridized carbons (Fsp3) is 0.105. The molecule has 0 radical (unpaired) electrons. The van der Waals surface area contributed by atoms with Crippen LogP contribution in [-0.2, 0) is 4.84 Å². The number of nitrogens with zero attached hydrogens (tertiary/aromatic N) is 5. The topological polar surface area (TPSA) is 95.5 Å². The zero-order valence-electron chi connectivity index (χ0n) is 14.7. The molecule has 1 unspecified atom stereocenters. The molecule has 1 atom stereocenters. The average Bonchev–Trinajstić information content (AvgIpc) is 3.25. The molecule has 9 heteroatoms. The van der Waals surface area contributed by atoms with Crippen LogP contribution < -0.4 is 4.74 Å². The van der Waals surface area contributed by atoms with E-state index < -0.39 is 11.9 Å². The molecule has 0 aliphatic carbocycles. The number of aromatic nitrogens is 4. The molecule has 1 aromatic carbocycles. The van der Waals surface area contributed by atoms with Gasteiger partial charge in [0.05, 0.1) is 23.6 Å². The van der Waals surface area contributed by atoms with Gasteiger partial charge in [-0.25, -0.2) is 4.39 Å². The summed E-state index contributed by atoms with van der Waals surface area (Å²) in [6, 6.07) is 10.1. The molecule has 0 saturated heterocycles. The van der Waals surface area contributed by atoms with E-state index in [2.05, 4.69) is 25.3 Å². The Morgan fingerprint density at radius 1 is 1.14 bits per heavy atom. The molecular formula is C19H14FN5O3. The maximum atomic E-state index is 13.2. The first kappa shape index (κ1) is 17.5. The summed E-state index contributed by atoms with van der Waals surface area (Å²) in [5.41, 5.74) is 2.00. The Balaban J connectivity index is 1.68. The van der Waals surface area contributed by atoms with E-state index in [4.69, 9.17) is 14.0 Å².